The quantitative estimate of drug-likeness (QED) is 0.0994. The Labute approximate surface area is 285 Å². The Balaban J connectivity index is 0.787. The molecule has 5 heteroatoms. The third kappa shape index (κ3) is 7.52. The highest BCUT2D eigenvalue weighted by Crippen LogP contribution is 2.30. The molecule has 0 saturated heterocycles. The lowest BCUT2D eigenvalue weighted by molar-refractivity contribution is 0.289. The van der Waals surface area contributed by atoms with Crippen molar-refractivity contribution in [2.45, 2.75) is 64.2 Å². The van der Waals surface area contributed by atoms with Gasteiger partial charge in [0.2, 0.25) is 0 Å². The molecule has 240 valence electrons. The van der Waals surface area contributed by atoms with Gasteiger partial charge in [0.1, 0.15) is 11.5 Å². The summed E-state index contributed by atoms with van der Waals surface area (Å²) in [5.74, 6) is 1.73. The molecule has 0 atom stereocenters. The van der Waals surface area contributed by atoms with Crippen LogP contribution in [0, 0.1) is 0 Å². The average Bonchev–Trinajstić information content (AvgIpc) is 3.67. The molecule has 0 unspecified atom stereocenters. The van der Waals surface area contributed by atoms with E-state index >= 15 is 0 Å². The summed E-state index contributed by atoms with van der Waals surface area (Å²) in [6.45, 7) is 1.44. The molecule has 2 heterocycles. The number of halogens is 1. The van der Waals surface area contributed by atoms with Crippen LogP contribution in [0.15, 0.2) is 108 Å². The summed E-state index contributed by atoms with van der Waals surface area (Å²) in [7, 11) is 0. The standard InChI is InChI=1S/C42H43BrN2O2/c43-32-27-33(46-25-11-3-1-5-15-30-17-13-21-37-35-19-7-9-23-39(35)44-41(30)37)29-34(28-32)47-26-12-4-2-6-16-31-18-14-22-38-36-20-8-10-24-40(36)45-42(31)38/h7-10,13-14,17-24,27-29,44-45H,1-6,11-12,15-16,25-26H2. The van der Waals surface area contributed by atoms with Crippen molar-refractivity contribution >= 4 is 59.5 Å². The third-order valence-corrected chi connectivity index (χ3v) is 9.78. The Morgan fingerprint density at radius 3 is 1.40 bits per heavy atom. The van der Waals surface area contributed by atoms with Crippen LogP contribution in [-0.4, -0.2) is 23.2 Å². The van der Waals surface area contributed by atoms with Crippen LogP contribution in [-0.2, 0) is 12.8 Å². The summed E-state index contributed by atoms with van der Waals surface area (Å²) in [6.07, 6.45) is 11.4. The van der Waals surface area contributed by atoms with Gasteiger partial charge in [-0.05, 0) is 73.9 Å². The van der Waals surface area contributed by atoms with E-state index in [4.69, 9.17) is 9.47 Å². The molecule has 7 rings (SSSR count). The fourth-order valence-electron chi connectivity index (χ4n) is 6.91. The van der Waals surface area contributed by atoms with Gasteiger partial charge in [-0.15, -0.1) is 0 Å². The monoisotopic (exact) mass is 686 g/mol. The number of H-pyrrole nitrogens is 2. The van der Waals surface area contributed by atoms with Gasteiger partial charge < -0.3 is 19.4 Å². The van der Waals surface area contributed by atoms with Crippen LogP contribution in [0.4, 0.5) is 0 Å². The van der Waals surface area contributed by atoms with E-state index < -0.39 is 0 Å². The van der Waals surface area contributed by atoms with Crippen molar-refractivity contribution in [2.24, 2.45) is 0 Å². The molecule has 0 saturated carbocycles. The van der Waals surface area contributed by atoms with Crippen molar-refractivity contribution in [1.82, 2.24) is 9.97 Å². The molecule has 0 amide bonds. The molecule has 0 aliphatic rings. The number of fused-ring (bicyclic) bond motifs is 6. The zero-order chi connectivity index (χ0) is 31.8. The number of ether oxygens (including phenoxy) is 2. The first-order valence-electron chi connectivity index (χ1n) is 17.3. The van der Waals surface area contributed by atoms with Crippen molar-refractivity contribution in [2.75, 3.05) is 13.2 Å². The van der Waals surface area contributed by atoms with Gasteiger partial charge in [-0.1, -0.05) is 114 Å². The van der Waals surface area contributed by atoms with Crippen LogP contribution in [0.25, 0.3) is 43.6 Å². The first-order valence-corrected chi connectivity index (χ1v) is 18.0. The maximum Gasteiger partial charge on any atom is 0.124 e. The van der Waals surface area contributed by atoms with Crippen molar-refractivity contribution in [3.05, 3.63) is 119 Å². The van der Waals surface area contributed by atoms with Crippen molar-refractivity contribution in [3.63, 3.8) is 0 Å². The lowest BCUT2D eigenvalue weighted by Gasteiger charge is -2.11. The molecule has 0 aliphatic heterocycles. The molecule has 0 fully saturated rings. The number of unbranched alkanes of at least 4 members (excludes halogenated alkanes) is 6. The molecule has 0 bridgehead atoms. The minimum Gasteiger partial charge on any atom is -0.493 e. The molecule has 2 aromatic heterocycles. The fraction of sp³-hybridized carbons (Fsp3) is 0.286. The number of aryl methyl sites for hydroxylation is 2. The Morgan fingerprint density at radius 1 is 0.447 bits per heavy atom. The van der Waals surface area contributed by atoms with Gasteiger partial charge in [0.25, 0.3) is 0 Å². The van der Waals surface area contributed by atoms with Crippen LogP contribution < -0.4 is 9.47 Å². The second-order valence-corrected chi connectivity index (χ2v) is 13.6. The molecule has 2 N–H and O–H groups in total. The summed E-state index contributed by atoms with van der Waals surface area (Å²) in [5, 5.41) is 5.28. The number of para-hydroxylation sites is 4. The third-order valence-electron chi connectivity index (χ3n) is 9.32. The minimum absolute atomic E-state index is 0.722. The zero-order valence-electron chi connectivity index (χ0n) is 27.0. The highest BCUT2D eigenvalue weighted by atomic mass is 79.9. The van der Waals surface area contributed by atoms with E-state index in [-0.39, 0.29) is 0 Å². The smallest absolute Gasteiger partial charge is 0.124 e. The van der Waals surface area contributed by atoms with Crippen molar-refractivity contribution < 1.29 is 9.47 Å². The van der Waals surface area contributed by atoms with Crippen LogP contribution >= 0.6 is 15.9 Å². The number of aromatic amines is 2. The summed E-state index contributed by atoms with van der Waals surface area (Å²) >= 11 is 3.63. The lowest BCUT2D eigenvalue weighted by atomic mass is 10.0. The molecular weight excluding hydrogens is 644 g/mol. The van der Waals surface area contributed by atoms with Crippen LogP contribution in [0.3, 0.4) is 0 Å². The van der Waals surface area contributed by atoms with Gasteiger partial charge in [-0.25, -0.2) is 0 Å². The van der Waals surface area contributed by atoms with Gasteiger partial charge in [0.15, 0.2) is 0 Å². The predicted molar refractivity (Wildman–Crippen MR) is 201 cm³/mol. The minimum atomic E-state index is 0.722. The second kappa shape index (κ2) is 15.1. The van der Waals surface area contributed by atoms with Gasteiger partial charge in [0.05, 0.1) is 13.2 Å². The van der Waals surface area contributed by atoms with Crippen molar-refractivity contribution in [1.29, 1.82) is 0 Å². The Kier molecular flexibility index (Phi) is 10.1. The average molecular weight is 688 g/mol. The predicted octanol–water partition coefficient (Wildman–Crippen LogP) is 12.1. The second-order valence-electron chi connectivity index (χ2n) is 12.7. The normalized spacial score (nSPS) is 11.7. The number of hydrogen-bond acceptors (Lipinski definition) is 2. The van der Waals surface area contributed by atoms with E-state index in [2.05, 4.69) is 111 Å². The molecule has 0 spiro atoms. The van der Waals surface area contributed by atoms with Gasteiger partial charge in [-0.2, -0.15) is 0 Å². The lowest BCUT2D eigenvalue weighted by Crippen LogP contribution is -2.00. The number of benzene rings is 5. The topological polar surface area (TPSA) is 50.0 Å². The molecular formula is C42H43BrN2O2. The maximum atomic E-state index is 6.12. The van der Waals surface area contributed by atoms with E-state index in [9.17, 15) is 0 Å². The Hall–Kier alpha value is -4.22. The van der Waals surface area contributed by atoms with E-state index in [0.717, 1.165) is 67.7 Å². The molecule has 4 nitrogen and oxygen atoms in total. The van der Waals surface area contributed by atoms with E-state index in [0.29, 0.717) is 0 Å². The SMILES string of the molecule is Brc1cc(OCCCCCCc2cccc3c2[nH]c2ccccc23)cc(OCCCCCCc2cccc3c2[nH]c2ccccc23)c1. The van der Waals surface area contributed by atoms with Gasteiger partial charge in [-0.3, -0.25) is 0 Å². The number of rotatable bonds is 16. The van der Waals surface area contributed by atoms with Crippen molar-refractivity contribution in [3.8, 4) is 11.5 Å². The number of nitrogens with one attached hydrogen (secondary N) is 2. The van der Waals surface area contributed by atoms with E-state index in [1.165, 1.54) is 80.4 Å². The summed E-state index contributed by atoms with van der Waals surface area (Å²) in [5.41, 5.74) is 7.85. The molecule has 0 radical (unpaired) electrons. The number of hydrogen-bond donors (Lipinski definition) is 2. The van der Waals surface area contributed by atoms with Crippen LogP contribution in [0.2, 0.25) is 0 Å². The molecule has 47 heavy (non-hydrogen) atoms. The molecule has 5 aromatic carbocycles. The molecule has 7 aromatic rings. The summed E-state index contributed by atoms with van der Waals surface area (Å²) in [6, 6.07) is 36.6. The number of aromatic nitrogens is 2. The van der Waals surface area contributed by atoms with E-state index in [1.807, 2.05) is 18.2 Å². The van der Waals surface area contributed by atoms with Crippen LogP contribution in [0.5, 0.6) is 11.5 Å². The summed E-state index contributed by atoms with van der Waals surface area (Å²) in [4.78, 5) is 7.28. The largest absolute Gasteiger partial charge is 0.493 e. The highest BCUT2D eigenvalue weighted by molar-refractivity contribution is 9.10. The maximum absolute atomic E-state index is 6.12. The Bertz CT molecular complexity index is 1950. The van der Waals surface area contributed by atoms with Gasteiger partial charge in [0, 0.05) is 54.2 Å². The first kappa shape index (κ1) is 31.4. The summed E-state index contributed by atoms with van der Waals surface area (Å²) < 4.78 is 13.2. The van der Waals surface area contributed by atoms with Crippen LogP contribution in [0.1, 0.15) is 62.5 Å². The van der Waals surface area contributed by atoms with Gasteiger partial charge >= 0.3 is 0 Å². The highest BCUT2D eigenvalue weighted by Gasteiger charge is 2.09. The first-order chi connectivity index (χ1) is 23.2. The van der Waals surface area contributed by atoms with E-state index in [1.54, 1.807) is 0 Å². The zero-order valence-corrected chi connectivity index (χ0v) is 28.6. The fourth-order valence-corrected chi connectivity index (χ4v) is 7.36. The Morgan fingerprint density at radius 2 is 0.894 bits per heavy atom. The molecule has 0 aliphatic carbocycles.